The molecule has 0 amide bonds. The first kappa shape index (κ1) is 13.6. The summed E-state index contributed by atoms with van der Waals surface area (Å²) in [4.78, 5) is 13.5. The van der Waals surface area contributed by atoms with Gasteiger partial charge in [-0.05, 0) is 30.2 Å². The number of carbonyl (C=O) groups is 1. The molecule has 1 aliphatic rings. The summed E-state index contributed by atoms with van der Waals surface area (Å²) in [6.45, 7) is 1.57. The molecule has 1 unspecified atom stereocenters. The predicted molar refractivity (Wildman–Crippen MR) is 79.4 cm³/mol. The Balaban J connectivity index is 1.87. The molecule has 1 aliphatic heterocycles. The lowest BCUT2D eigenvalue weighted by molar-refractivity contribution is 0.0690. The molecule has 2 aromatic rings. The van der Waals surface area contributed by atoms with Crippen LogP contribution in [0.2, 0.25) is 0 Å². The predicted octanol–water partition coefficient (Wildman–Crippen LogP) is 3.52. The number of nitrogens with zero attached hydrogens (tertiary/aromatic N) is 1. The summed E-state index contributed by atoms with van der Waals surface area (Å²) < 4.78 is 13.8. The van der Waals surface area contributed by atoms with Gasteiger partial charge in [0.05, 0.1) is 5.56 Å². The average molecular weight is 285 g/mol. The van der Waals surface area contributed by atoms with Crippen LogP contribution in [0.3, 0.4) is 0 Å². The van der Waals surface area contributed by atoms with Crippen LogP contribution in [0, 0.1) is 5.82 Å². The Labute approximate surface area is 122 Å². The normalized spacial score (nSPS) is 18.0. The number of benzene rings is 2. The first-order chi connectivity index (χ1) is 10.2. The first-order valence-electron chi connectivity index (χ1n) is 6.98. The minimum Gasteiger partial charge on any atom is -0.478 e. The van der Waals surface area contributed by atoms with E-state index >= 15 is 0 Å². The number of carboxylic acids is 1. The minimum atomic E-state index is -1.19. The van der Waals surface area contributed by atoms with E-state index in [-0.39, 0.29) is 11.5 Å². The van der Waals surface area contributed by atoms with Crippen molar-refractivity contribution < 1.29 is 14.3 Å². The second-order valence-corrected chi connectivity index (χ2v) is 5.28. The molecule has 0 bridgehead atoms. The van der Waals surface area contributed by atoms with Gasteiger partial charge in [-0.25, -0.2) is 9.18 Å². The fourth-order valence-corrected chi connectivity index (χ4v) is 2.99. The van der Waals surface area contributed by atoms with E-state index in [1.54, 1.807) is 12.1 Å². The molecule has 0 aliphatic carbocycles. The molecule has 108 valence electrons. The number of halogens is 1. The van der Waals surface area contributed by atoms with Crippen molar-refractivity contribution in [2.45, 2.75) is 12.3 Å². The SMILES string of the molecule is O=C(O)c1c(F)cccc1C1CCN(c2ccccc2)C1. The molecule has 2 aromatic carbocycles. The highest BCUT2D eigenvalue weighted by molar-refractivity contribution is 5.90. The molecule has 1 fully saturated rings. The van der Waals surface area contributed by atoms with Gasteiger partial charge in [-0.1, -0.05) is 30.3 Å². The Kier molecular flexibility index (Phi) is 3.60. The number of hydrogen-bond acceptors (Lipinski definition) is 2. The Morgan fingerprint density at radius 1 is 1.14 bits per heavy atom. The zero-order valence-electron chi connectivity index (χ0n) is 11.5. The van der Waals surface area contributed by atoms with Gasteiger partial charge in [-0.3, -0.25) is 0 Å². The number of aromatic carboxylic acids is 1. The Bertz CT molecular complexity index is 657. The van der Waals surface area contributed by atoms with Crippen LogP contribution >= 0.6 is 0 Å². The van der Waals surface area contributed by atoms with Crippen LogP contribution in [-0.4, -0.2) is 24.2 Å². The van der Waals surface area contributed by atoms with Gasteiger partial charge < -0.3 is 10.0 Å². The fourth-order valence-electron chi connectivity index (χ4n) is 2.99. The van der Waals surface area contributed by atoms with Crippen LogP contribution in [0.25, 0.3) is 0 Å². The quantitative estimate of drug-likeness (QED) is 0.938. The highest BCUT2D eigenvalue weighted by Gasteiger charge is 2.28. The van der Waals surface area contributed by atoms with Crippen molar-refractivity contribution >= 4 is 11.7 Å². The van der Waals surface area contributed by atoms with E-state index in [1.165, 1.54) is 6.07 Å². The van der Waals surface area contributed by atoms with Crippen LogP contribution in [0.4, 0.5) is 10.1 Å². The maximum Gasteiger partial charge on any atom is 0.338 e. The van der Waals surface area contributed by atoms with E-state index < -0.39 is 11.8 Å². The molecular weight excluding hydrogens is 269 g/mol. The largest absolute Gasteiger partial charge is 0.478 e. The second-order valence-electron chi connectivity index (χ2n) is 5.28. The van der Waals surface area contributed by atoms with E-state index in [0.29, 0.717) is 12.1 Å². The molecule has 3 nitrogen and oxygen atoms in total. The van der Waals surface area contributed by atoms with Crippen LogP contribution in [0.15, 0.2) is 48.5 Å². The maximum atomic E-state index is 13.8. The van der Waals surface area contributed by atoms with Crippen LogP contribution in [0.5, 0.6) is 0 Å². The zero-order chi connectivity index (χ0) is 14.8. The topological polar surface area (TPSA) is 40.5 Å². The highest BCUT2D eigenvalue weighted by atomic mass is 19.1. The van der Waals surface area contributed by atoms with Gasteiger partial charge >= 0.3 is 5.97 Å². The van der Waals surface area contributed by atoms with Gasteiger partial charge in [0.1, 0.15) is 5.82 Å². The van der Waals surface area contributed by atoms with E-state index in [4.69, 9.17) is 0 Å². The van der Waals surface area contributed by atoms with Gasteiger partial charge in [-0.15, -0.1) is 0 Å². The molecule has 3 rings (SSSR count). The number of hydrogen-bond donors (Lipinski definition) is 1. The molecule has 0 saturated carbocycles. The van der Waals surface area contributed by atoms with Crippen molar-refractivity contribution in [3.8, 4) is 0 Å². The zero-order valence-corrected chi connectivity index (χ0v) is 11.5. The molecule has 1 saturated heterocycles. The van der Waals surface area contributed by atoms with Gasteiger partial charge in [0.25, 0.3) is 0 Å². The van der Waals surface area contributed by atoms with Crippen molar-refractivity contribution in [2.75, 3.05) is 18.0 Å². The number of anilines is 1. The van der Waals surface area contributed by atoms with E-state index in [9.17, 15) is 14.3 Å². The van der Waals surface area contributed by atoms with Gasteiger partial charge in [0, 0.05) is 24.7 Å². The average Bonchev–Trinajstić information content (AvgIpc) is 2.97. The second kappa shape index (κ2) is 5.56. The van der Waals surface area contributed by atoms with Crippen LogP contribution < -0.4 is 4.90 Å². The van der Waals surface area contributed by atoms with Gasteiger partial charge in [-0.2, -0.15) is 0 Å². The molecule has 0 radical (unpaired) electrons. The minimum absolute atomic E-state index is 0.0482. The summed E-state index contributed by atoms with van der Waals surface area (Å²) in [5.41, 5.74) is 1.53. The van der Waals surface area contributed by atoms with Crippen molar-refractivity contribution in [2.24, 2.45) is 0 Å². The fraction of sp³-hybridized carbons (Fsp3) is 0.235. The summed E-state index contributed by atoms with van der Waals surface area (Å²) in [7, 11) is 0. The molecule has 1 atom stereocenters. The third-order valence-electron chi connectivity index (χ3n) is 4.01. The van der Waals surface area contributed by atoms with Gasteiger partial charge in [0.2, 0.25) is 0 Å². The first-order valence-corrected chi connectivity index (χ1v) is 6.98. The van der Waals surface area contributed by atoms with E-state index in [0.717, 1.165) is 18.7 Å². The van der Waals surface area contributed by atoms with Gasteiger partial charge in [0.15, 0.2) is 0 Å². The molecule has 4 heteroatoms. The summed E-state index contributed by atoms with van der Waals surface area (Å²) in [5, 5.41) is 9.24. The van der Waals surface area contributed by atoms with E-state index in [2.05, 4.69) is 4.90 Å². The van der Waals surface area contributed by atoms with Crippen molar-refractivity contribution in [1.29, 1.82) is 0 Å². The molecule has 1 heterocycles. The highest BCUT2D eigenvalue weighted by Crippen LogP contribution is 2.33. The third kappa shape index (κ3) is 2.61. The summed E-state index contributed by atoms with van der Waals surface area (Å²) in [6, 6.07) is 14.5. The van der Waals surface area contributed by atoms with Crippen LogP contribution in [0.1, 0.15) is 28.3 Å². The van der Waals surface area contributed by atoms with Crippen molar-refractivity contribution in [3.63, 3.8) is 0 Å². The van der Waals surface area contributed by atoms with E-state index in [1.807, 2.05) is 30.3 Å². The smallest absolute Gasteiger partial charge is 0.338 e. The summed E-state index contributed by atoms with van der Waals surface area (Å²) in [6.07, 6.45) is 0.832. The number of carboxylic acid groups (broad SMARTS) is 1. The Morgan fingerprint density at radius 2 is 1.90 bits per heavy atom. The molecule has 1 N–H and O–H groups in total. The molecule has 0 spiro atoms. The number of rotatable bonds is 3. The summed E-state index contributed by atoms with van der Waals surface area (Å²) in [5.74, 6) is -1.80. The standard InChI is InChI=1S/C17H16FNO2/c18-15-8-4-7-14(16(15)17(20)21)12-9-10-19(11-12)13-5-2-1-3-6-13/h1-8,12H,9-11H2,(H,20,21). The third-order valence-corrected chi connectivity index (χ3v) is 4.01. The van der Waals surface area contributed by atoms with Crippen LogP contribution in [-0.2, 0) is 0 Å². The molecule has 0 aromatic heterocycles. The number of para-hydroxylation sites is 1. The Morgan fingerprint density at radius 3 is 2.62 bits per heavy atom. The van der Waals surface area contributed by atoms with Crippen molar-refractivity contribution in [1.82, 2.24) is 0 Å². The lowest BCUT2D eigenvalue weighted by atomic mass is 9.93. The maximum absolute atomic E-state index is 13.8. The molecular formula is C17H16FNO2. The Hall–Kier alpha value is -2.36. The van der Waals surface area contributed by atoms with Crippen molar-refractivity contribution in [3.05, 3.63) is 65.5 Å². The summed E-state index contributed by atoms with van der Waals surface area (Å²) >= 11 is 0. The molecule has 21 heavy (non-hydrogen) atoms. The lowest BCUT2D eigenvalue weighted by Crippen LogP contribution is -2.19. The monoisotopic (exact) mass is 285 g/mol. The lowest BCUT2D eigenvalue weighted by Gasteiger charge is -2.19.